The molecule has 0 atom stereocenters. The third-order valence-electron chi connectivity index (χ3n) is 5.23. The van der Waals surface area contributed by atoms with Crippen LogP contribution in [0.5, 0.6) is 11.5 Å². The molecule has 0 fully saturated rings. The summed E-state index contributed by atoms with van der Waals surface area (Å²) in [7, 11) is 0. The fourth-order valence-electron chi connectivity index (χ4n) is 3.52. The van der Waals surface area contributed by atoms with Gasteiger partial charge in [0, 0.05) is 26.3 Å². The minimum atomic E-state index is -0.617. The lowest BCUT2D eigenvalue weighted by atomic mass is 10.1. The van der Waals surface area contributed by atoms with Gasteiger partial charge in [-0.3, -0.25) is 10.1 Å². The molecular weight excluding hydrogens is 643 g/mol. The molecule has 3 aromatic carbocycles. The number of benzene rings is 3. The van der Waals surface area contributed by atoms with Crippen molar-refractivity contribution in [2.75, 3.05) is 6.61 Å². The molecule has 0 spiro atoms. The molecule has 8 nitrogen and oxygen atoms in total. The minimum absolute atomic E-state index is 0.0166. The van der Waals surface area contributed by atoms with Gasteiger partial charge in [-0.05, 0) is 94.3 Å². The molecule has 0 aliphatic carbocycles. The highest BCUT2D eigenvalue weighted by atomic mass is 127. The van der Waals surface area contributed by atoms with Gasteiger partial charge in [0.05, 0.1) is 16.0 Å². The number of aryl methyl sites for hydroxylation is 1. The van der Waals surface area contributed by atoms with Gasteiger partial charge in [0.25, 0.3) is 5.69 Å². The maximum absolute atomic E-state index is 12.5. The second-order valence-electron chi connectivity index (χ2n) is 7.74. The van der Waals surface area contributed by atoms with E-state index in [1.807, 2.05) is 31.2 Å². The van der Waals surface area contributed by atoms with Gasteiger partial charge in [-0.2, -0.15) is 0 Å². The summed E-state index contributed by atoms with van der Waals surface area (Å²) >= 11 is 5.82. The smallest absolute Gasteiger partial charge is 0.363 e. The van der Waals surface area contributed by atoms with Crippen LogP contribution in [-0.4, -0.2) is 23.4 Å². The Balaban J connectivity index is 1.62. The summed E-state index contributed by atoms with van der Waals surface area (Å²) in [5.41, 5.74) is 2.71. The summed E-state index contributed by atoms with van der Waals surface area (Å²) in [5, 5.41) is 11.1. The zero-order chi connectivity index (χ0) is 25.8. The molecule has 1 aliphatic heterocycles. The van der Waals surface area contributed by atoms with Crippen LogP contribution in [0, 0.1) is 20.6 Å². The van der Waals surface area contributed by atoms with Gasteiger partial charge in [0.2, 0.25) is 5.90 Å². The lowest BCUT2D eigenvalue weighted by Gasteiger charge is -2.15. The van der Waals surface area contributed by atoms with Gasteiger partial charge < -0.3 is 14.2 Å². The molecule has 0 bridgehead atoms. The largest absolute Gasteiger partial charge is 0.490 e. The van der Waals surface area contributed by atoms with E-state index in [9.17, 15) is 14.9 Å². The van der Waals surface area contributed by atoms with Gasteiger partial charge >= 0.3 is 5.97 Å². The lowest BCUT2D eigenvalue weighted by Crippen LogP contribution is -2.06. The number of carbonyl (C=O) groups is 1. The number of esters is 1. The Morgan fingerprint density at radius 3 is 2.64 bits per heavy atom. The van der Waals surface area contributed by atoms with Crippen molar-refractivity contribution in [2.45, 2.75) is 20.5 Å². The lowest BCUT2D eigenvalue weighted by molar-refractivity contribution is -0.385. The van der Waals surface area contributed by atoms with Crippen molar-refractivity contribution in [2.24, 2.45) is 4.99 Å². The molecule has 0 amide bonds. The van der Waals surface area contributed by atoms with E-state index >= 15 is 0 Å². The van der Waals surface area contributed by atoms with Crippen LogP contribution >= 0.6 is 38.5 Å². The number of nitrogens with zero attached hydrogens (tertiary/aromatic N) is 2. The van der Waals surface area contributed by atoms with Crippen molar-refractivity contribution in [1.82, 2.24) is 0 Å². The summed E-state index contributed by atoms with van der Waals surface area (Å²) in [5.74, 6) is 0.546. The average Bonchev–Trinajstić information content (AvgIpc) is 3.19. The van der Waals surface area contributed by atoms with Crippen molar-refractivity contribution in [3.63, 3.8) is 0 Å². The van der Waals surface area contributed by atoms with Crippen LogP contribution in [-0.2, 0) is 16.1 Å². The summed E-state index contributed by atoms with van der Waals surface area (Å²) in [6.45, 7) is 4.28. The fourth-order valence-corrected chi connectivity index (χ4v) is 4.64. The Morgan fingerprint density at radius 2 is 1.94 bits per heavy atom. The number of ether oxygens (including phenoxy) is 3. The highest BCUT2D eigenvalue weighted by Crippen LogP contribution is 2.38. The van der Waals surface area contributed by atoms with Crippen molar-refractivity contribution in [1.29, 1.82) is 0 Å². The first-order valence-electron chi connectivity index (χ1n) is 10.9. The van der Waals surface area contributed by atoms with E-state index in [0.29, 0.717) is 45.9 Å². The number of aliphatic imine (C=N–C) groups is 1. The van der Waals surface area contributed by atoms with Crippen LogP contribution in [0.25, 0.3) is 6.08 Å². The second-order valence-corrected chi connectivity index (χ2v) is 9.75. The molecular formula is C26H20BrIN2O6. The normalized spacial score (nSPS) is 13.9. The maximum Gasteiger partial charge on any atom is 0.363 e. The van der Waals surface area contributed by atoms with Crippen LogP contribution in [0.4, 0.5) is 5.69 Å². The van der Waals surface area contributed by atoms with Gasteiger partial charge in [-0.25, -0.2) is 9.79 Å². The molecule has 0 aromatic heterocycles. The fraction of sp³-hybridized carbons (Fsp3) is 0.154. The first-order valence-corrected chi connectivity index (χ1v) is 12.7. The zero-order valence-electron chi connectivity index (χ0n) is 19.3. The van der Waals surface area contributed by atoms with Crippen LogP contribution in [0.15, 0.2) is 69.8 Å². The summed E-state index contributed by atoms with van der Waals surface area (Å²) < 4.78 is 19.0. The van der Waals surface area contributed by atoms with E-state index in [1.165, 1.54) is 12.1 Å². The molecule has 4 rings (SSSR count). The van der Waals surface area contributed by atoms with Crippen LogP contribution in [0.2, 0.25) is 0 Å². The predicted octanol–water partition coefficient (Wildman–Crippen LogP) is 6.59. The topological polar surface area (TPSA) is 100 Å². The van der Waals surface area contributed by atoms with E-state index in [0.717, 1.165) is 9.13 Å². The predicted molar refractivity (Wildman–Crippen MR) is 147 cm³/mol. The van der Waals surface area contributed by atoms with E-state index in [2.05, 4.69) is 43.5 Å². The molecule has 0 unspecified atom stereocenters. The number of hydrogen-bond donors (Lipinski definition) is 0. The first kappa shape index (κ1) is 25.8. The third-order valence-corrected chi connectivity index (χ3v) is 6.87. The van der Waals surface area contributed by atoms with E-state index < -0.39 is 10.9 Å². The molecule has 0 radical (unpaired) electrons. The average molecular weight is 663 g/mol. The van der Waals surface area contributed by atoms with E-state index in [4.69, 9.17) is 14.2 Å². The van der Waals surface area contributed by atoms with Crippen molar-refractivity contribution < 1.29 is 23.9 Å². The van der Waals surface area contributed by atoms with E-state index in [1.54, 1.807) is 31.2 Å². The molecule has 1 heterocycles. The van der Waals surface area contributed by atoms with Crippen molar-refractivity contribution >= 4 is 62.2 Å². The van der Waals surface area contributed by atoms with Gasteiger partial charge in [0.15, 0.2) is 17.2 Å². The van der Waals surface area contributed by atoms with Crippen LogP contribution < -0.4 is 9.47 Å². The zero-order valence-corrected chi connectivity index (χ0v) is 23.0. The molecule has 3 aromatic rings. The number of carbonyl (C=O) groups excluding carboxylic acids is 1. The summed E-state index contributed by atoms with van der Waals surface area (Å²) in [6, 6.07) is 16.0. The second kappa shape index (κ2) is 11.2. The Kier molecular flexibility index (Phi) is 8.04. The van der Waals surface area contributed by atoms with Crippen LogP contribution in [0.3, 0.4) is 0 Å². The highest BCUT2D eigenvalue weighted by molar-refractivity contribution is 14.1. The van der Waals surface area contributed by atoms with Gasteiger partial charge in [0.1, 0.15) is 6.61 Å². The SMILES string of the molecule is CCOc1cc(/C=C2\N=C(c3ccc([N+](=O)[O-])c(C)c3)OC2=O)cc(Br)c1OCc1ccccc1I. The number of hydrogen-bond acceptors (Lipinski definition) is 7. The number of nitro benzene ring substituents is 1. The maximum atomic E-state index is 12.5. The quantitative estimate of drug-likeness (QED) is 0.0887. The highest BCUT2D eigenvalue weighted by Gasteiger charge is 2.26. The minimum Gasteiger partial charge on any atom is -0.490 e. The third kappa shape index (κ3) is 5.76. The molecule has 1 aliphatic rings. The van der Waals surface area contributed by atoms with Crippen molar-refractivity contribution in [3.8, 4) is 11.5 Å². The number of nitro groups is 1. The molecule has 0 N–H and O–H groups in total. The standard InChI is InChI=1S/C26H20BrIN2O6/c1-3-34-23-13-16(11-19(27)24(23)35-14-18-6-4-5-7-20(18)28)12-21-26(31)36-25(29-21)17-8-9-22(30(32)33)15(2)10-17/h4-13H,3,14H2,1-2H3/b21-12-. The summed E-state index contributed by atoms with van der Waals surface area (Å²) in [4.78, 5) is 27.4. The number of rotatable bonds is 8. The molecule has 10 heteroatoms. The number of halogens is 2. The molecule has 184 valence electrons. The molecule has 36 heavy (non-hydrogen) atoms. The Labute approximate surface area is 229 Å². The first-order chi connectivity index (χ1) is 17.3. The Hall–Kier alpha value is -3.25. The Bertz CT molecular complexity index is 1420. The van der Waals surface area contributed by atoms with Crippen molar-refractivity contribution in [3.05, 3.63) is 101 Å². The van der Waals surface area contributed by atoms with Gasteiger partial charge in [-0.15, -0.1) is 0 Å². The molecule has 0 saturated heterocycles. The summed E-state index contributed by atoms with van der Waals surface area (Å²) in [6.07, 6.45) is 1.59. The Morgan fingerprint density at radius 1 is 1.17 bits per heavy atom. The number of cyclic esters (lactones) is 1. The molecule has 0 saturated carbocycles. The van der Waals surface area contributed by atoms with E-state index in [-0.39, 0.29) is 17.3 Å². The van der Waals surface area contributed by atoms with Gasteiger partial charge in [-0.1, -0.05) is 18.2 Å². The monoisotopic (exact) mass is 662 g/mol. The van der Waals surface area contributed by atoms with Crippen LogP contribution in [0.1, 0.15) is 29.2 Å².